The molecule has 0 saturated heterocycles. The lowest BCUT2D eigenvalue weighted by Gasteiger charge is -2.09. The molecule has 3 nitrogen and oxygen atoms in total. The maximum absolute atomic E-state index is 5.64. The van der Waals surface area contributed by atoms with Gasteiger partial charge >= 0.3 is 0 Å². The number of rotatable bonds is 4. The second-order valence-electron chi connectivity index (χ2n) is 3.67. The largest absolute Gasteiger partial charge is 0.381 e. The van der Waals surface area contributed by atoms with Crippen LogP contribution in [0.2, 0.25) is 0 Å². The van der Waals surface area contributed by atoms with Gasteiger partial charge in [-0.15, -0.1) is 0 Å². The highest BCUT2D eigenvalue weighted by Crippen LogP contribution is 2.15. The fourth-order valence-electron chi connectivity index (χ4n) is 1.58. The van der Waals surface area contributed by atoms with Gasteiger partial charge in [-0.25, -0.2) is 0 Å². The molecule has 0 amide bonds. The van der Waals surface area contributed by atoms with E-state index in [1.54, 1.807) is 6.20 Å². The van der Waals surface area contributed by atoms with Gasteiger partial charge < -0.3 is 11.1 Å². The lowest BCUT2D eigenvalue weighted by atomic mass is 10.2. The van der Waals surface area contributed by atoms with Crippen LogP contribution in [0.5, 0.6) is 0 Å². The molecular weight excluding hydrogens is 278 g/mol. The van der Waals surface area contributed by atoms with Crippen molar-refractivity contribution in [2.45, 2.75) is 13.1 Å². The summed E-state index contributed by atoms with van der Waals surface area (Å²) in [5.74, 6) is 0. The Morgan fingerprint density at radius 3 is 2.65 bits per heavy atom. The number of nitrogens with one attached hydrogen (secondary N) is 1. The SMILES string of the molecule is NCc1ncccc1CNc1ccc(Br)cc1. The number of halogens is 1. The standard InChI is InChI=1S/C13H14BrN3/c14-11-3-5-12(6-4-11)17-9-10-2-1-7-16-13(10)8-15/h1-7,17H,8-9,15H2. The molecule has 3 N–H and O–H groups in total. The van der Waals surface area contributed by atoms with Gasteiger partial charge in [-0.1, -0.05) is 22.0 Å². The quantitative estimate of drug-likeness (QED) is 0.911. The molecule has 1 heterocycles. The zero-order valence-electron chi connectivity index (χ0n) is 9.36. The van der Waals surface area contributed by atoms with Gasteiger partial charge in [0.25, 0.3) is 0 Å². The second kappa shape index (κ2) is 5.80. The monoisotopic (exact) mass is 291 g/mol. The van der Waals surface area contributed by atoms with Crippen molar-refractivity contribution in [2.24, 2.45) is 5.73 Å². The van der Waals surface area contributed by atoms with Crippen molar-refractivity contribution in [3.8, 4) is 0 Å². The number of hydrogen-bond donors (Lipinski definition) is 2. The maximum atomic E-state index is 5.64. The van der Waals surface area contributed by atoms with E-state index in [1.807, 2.05) is 36.4 Å². The minimum atomic E-state index is 0.470. The lowest BCUT2D eigenvalue weighted by Crippen LogP contribution is -2.08. The van der Waals surface area contributed by atoms with Gasteiger partial charge in [0.15, 0.2) is 0 Å². The van der Waals surface area contributed by atoms with Crippen LogP contribution >= 0.6 is 15.9 Å². The van der Waals surface area contributed by atoms with Crippen molar-refractivity contribution in [3.05, 3.63) is 58.3 Å². The predicted molar refractivity (Wildman–Crippen MR) is 73.6 cm³/mol. The van der Waals surface area contributed by atoms with Crippen LogP contribution < -0.4 is 11.1 Å². The number of aromatic nitrogens is 1. The van der Waals surface area contributed by atoms with E-state index in [0.29, 0.717) is 6.54 Å². The van der Waals surface area contributed by atoms with Crippen molar-refractivity contribution >= 4 is 21.6 Å². The van der Waals surface area contributed by atoms with E-state index in [0.717, 1.165) is 28.0 Å². The fourth-order valence-corrected chi connectivity index (χ4v) is 1.85. The molecule has 0 aliphatic heterocycles. The highest BCUT2D eigenvalue weighted by molar-refractivity contribution is 9.10. The summed E-state index contributed by atoms with van der Waals surface area (Å²) in [6, 6.07) is 12.1. The molecule has 0 spiro atoms. The Labute approximate surface area is 109 Å². The summed E-state index contributed by atoms with van der Waals surface area (Å²) in [6.45, 7) is 1.21. The molecule has 88 valence electrons. The fraction of sp³-hybridized carbons (Fsp3) is 0.154. The minimum Gasteiger partial charge on any atom is -0.381 e. The number of pyridine rings is 1. The molecule has 17 heavy (non-hydrogen) atoms. The van der Waals surface area contributed by atoms with Crippen LogP contribution in [-0.4, -0.2) is 4.98 Å². The van der Waals surface area contributed by atoms with E-state index in [4.69, 9.17) is 5.73 Å². The normalized spacial score (nSPS) is 10.2. The van der Waals surface area contributed by atoms with Crippen LogP contribution in [0.1, 0.15) is 11.3 Å². The highest BCUT2D eigenvalue weighted by atomic mass is 79.9. The predicted octanol–water partition coefficient (Wildman–Crippen LogP) is 2.91. The van der Waals surface area contributed by atoms with Crippen molar-refractivity contribution in [2.75, 3.05) is 5.32 Å². The van der Waals surface area contributed by atoms with E-state index in [2.05, 4.69) is 26.2 Å². The van der Waals surface area contributed by atoms with Crippen LogP contribution in [0.15, 0.2) is 47.1 Å². The van der Waals surface area contributed by atoms with Crippen LogP contribution in [0.3, 0.4) is 0 Å². The van der Waals surface area contributed by atoms with Gasteiger partial charge in [0, 0.05) is 29.4 Å². The molecule has 0 radical (unpaired) electrons. The molecule has 0 aliphatic rings. The summed E-state index contributed by atoms with van der Waals surface area (Å²) in [4.78, 5) is 4.25. The second-order valence-corrected chi connectivity index (χ2v) is 4.59. The van der Waals surface area contributed by atoms with E-state index in [9.17, 15) is 0 Å². The topological polar surface area (TPSA) is 50.9 Å². The Morgan fingerprint density at radius 2 is 1.94 bits per heavy atom. The third kappa shape index (κ3) is 3.28. The molecule has 2 aromatic rings. The summed E-state index contributed by atoms with van der Waals surface area (Å²) >= 11 is 3.41. The molecule has 0 fully saturated rings. The maximum Gasteiger partial charge on any atom is 0.0589 e. The molecule has 0 aliphatic carbocycles. The van der Waals surface area contributed by atoms with Gasteiger partial charge in [0.1, 0.15) is 0 Å². The zero-order valence-corrected chi connectivity index (χ0v) is 10.9. The van der Waals surface area contributed by atoms with Crippen LogP contribution in [0.25, 0.3) is 0 Å². The average molecular weight is 292 g/mol. The van der Waals surface area contributed by atoms with Crippen molar-refractivity contribution in [1.29, 1.82) is 0 Å². The summed E-state index contributed by atoms with van der Waals surface area (Å²) < 4.78 is 1.08. The first-order chi connectivity index (χ1) is 8.29. The van der Waals surface area contributed by atoms with Gasteiger partial charge in [0.05, 0.1) is 5.69 Å². The van der Waals surface area contributed by atoms with Crippen molar-refractivity contribution in [1.82, 2.24) is 4.98 Å². The molecule has 1 aromatic carbocycles. The van der Waals surface area contributed by atoms with E-state index in [1.165, 1.54) is 0 Å². The van der Waals surface area contributed by atoms with Crippen molar-refractivity contribution < 1.29 is 0 Å². The third-order valence-electron chi connectivity index (χ3n) is 2.51. The minimum absolute atomic E-state index is 0.470. The van der Waals surface area contributed by atoms with Gasteiger partial charge in [-0.2, -0.15) is 0 Å². The molecular formula is C13H14BrN3. The number of hydrogen-bond acceptors (Lipinski definition) is 3. The smallest absolute Gasteiger partial charge is 0.0589 e. The molecule has 0 saturated carbocycles. The van der Waals surface area contributed by atoms with Crippen LogP contribution in [-0.2, 0) is 13.1 Å². The summed E-state index contributed by atoms with van der Waals surface area (Å²) in [5, 5.41) is 3.35. The summed E-state index contributed by atoms with van der Waals surface area (Å²) in [5.41, 5.74) is 8.81. The number of nitrogens with two attached hydrogens (primary N) is 1. The van der Waals surface area contributed by atoms with Crippen molar-refractivity contribution in [3.63, 3.8) is 0 Å². The molecule has 0 unspecified atom stereocenters. The average Bonchev–Trinajstić information content (AvgIpc) is 2.38. The van der Waals surface area contributed by atoms with Gasteiger partial charge in [-0.05, 0) is 35.9 Å². The number of benzene rings is 1. The molecule has 0 bridgehead atoms. The first-order valence-electron chi connectivity index (χ1n) is 5.42. The Balaban J connectivity index is 2.04. The highest BCUT2D eigenvalue weighted by Gasteiger charge is 2.00. The van der Waals surface area contributed by atoms with E-state index < -0.39 is 0 Å². The molecule has 4 heteroatoms. The van der Waals surface area contributed by atoms with Crippen LogP contribution in [0, 0.1) is 0 Å². The Bertz CT molecular complexity index is 482. The van der Waals surface area contributed by atoms with E-state index in [-0.39, 0.29) is 0 Å². The Hall–Kier alpha value is -1.39. The van der Waals surface area contributed by atoms with Gasteiger partial charge in [-0.3, -0.25) is 4.98 Å². The summed E-state index contributed by atoms with van der Waals surface area (Å²) in [6.07, 6.45) is 1.77. The third-order valence-corrected chi connectivity index (χ3v) is 3.03. The molecule has 1 aromatic heterocycles. The first-order valence-corrected chi connectivity index (χ1v) is 6.21. The number of anilines is 1. The zero-order chi connectivity index (χ0) is 12.1. The summed E-state index contributed by atoms with van der Waals surface area (Å²) in [7, 11) is 0. The number of nitrogens with zero attached hydrogens (tertiary/aromatic N) is 1. The molecule has 0 atom stereocenters. The lowest BCUT2D eigenvalue weighted by molar-refractivity contribution is 0.939. The van der Waals surface area contributed by atoms with Gasteiger partial charge in [0.2, 0.25) is 0 Å². The first kappa shape index (κ1) is 12.1. The Kier molecular flexibility index (Phi) is 4.12. The Morgan fingerprint density at radius 1 is 1.18 bits per heavy atom. The van der Waals surface area contributed by atoms with Crippen LogP contribution in [0.4, 0.5) is 5.69 Å². The molecule has 2 rings (SSSR count). The van der Waals surface area contributed by atoms with E-state index >= 15 is 0 Å².